The number of para-hydroxylation sites is 1. The Hall–Kier alpha value is -2.77. The minimum atomic E-state index is -0.485. The van der Waals surface area contributed by atoms with Crippen LogP contribution in [-0.2, 0) is 11.2 Å². The monoisotopic (exact) mass is 339 g/mol. The Bertz CT molecular complexity index is 751. The number of nitriles is 1. The van der Waals surface area contributed by atoms with Gasteiger partial charge in [0.1, 0.15) is 11.6 Å². The molecule has 0 bridgehead atoms. The molecule has 0 saturated heterocycles. The number of amides is 1. The maximum absolute atomic E-state index is 12.1. The van der Waals surface area contributed by atoms with E-state index in [2.05, 4.69) is 22.8 Å². The minimum absolute atomic E-state index is 0.00892. The highest BCUT2D eigenvalue weighted by atomic mass is 35.5. The van der Waals surface area contributed by atoms with E-state index >= 15 is 0 Å². The van der Waals surface area contributed by atoms with Crippen molar-refractivity contribution >= 4 is 23.2 Å². The van der Waals surface area contributed by atoms with Gasteiger partial charge in [0, 0.05) is 12.7 Å². The van der Waals surface area contributed by atoms with Crippen molar-refractivity contribution in [2.75, 3.05) is 11.9 Å². The Balaban J connectivity index is 1.82. The van der Waals surface area contributed by atoms with E-state index in [4.69, 9.17) is 16.9 Å². The van der Waals surface area contributed by atoms with E-state index in [-0.39, 0.29) is 5.57 Å². The number of hydrogen-bond acceptors (Lipinski definition) is 3. The molecule has 0 atom stereocenters. The van der Waals surface area contributed by atoms with Crippen molar-refractivity contribution in [2.24, 2.45) is 0 Å². The van der Waals surface area contributed by atoms with Crippen molar-refractivity contribution in [1.82, 2.24) is 5.32 Å². The van der Waals surface area contributed by atoms with Crippen molar-refractivity contribution in [1.29, 1.82) is 5.26 Å². The number of hydrogen-bond donors (Lipinski definition) is 2. The number of carbonyl (C=O) groups excluding carboxylic acids is 1. The average molecular weight is 340 g/mol. The Morgan fingerprint density at radius 3 is 2.54 bits per heavy atom. The van der Waals surface area contributed by atoms with E-state index in [9.17, 15) is 4.79 Å². The molecule has 2 aromatic rings. The molecule has 2 N–H and O–H groups in total. The van der Waals surface area contributed by atoms with Crippen LogP contribution in [0.3, 0.4) is 0 Å². The second-order valence-electron chi connectivity index (χ2n) is 5.15. The summed E-state index contributed by atoms with van der Waals surface area (Å²) in [6.45, 7) is 0.680. The summed E-state index contributed by atoms with van der Waals surface area (Å²) in [5, 5.41) is 15.2. The predicted octanol–water partition coefficient (Wildman–Crippen LogP) is 3.91. The van der Waals surface area contributed by atoms with Crippen LogP contribution in [0.1, 0.15) is 12.0 Å². The van der Waals surface area contributed by atoms with E-state index in [1.54, 1.807) is 24.3 Å². The van der Waals surface area contributed by atoms with Gasteiger partial charge in [0.2, 0.25) is 0 Å². The molecule has 0 fully saturated rings. The first-order valence-corrected chi connectivity index (χ1v) is 8.02. The zero-order chi connectivity index (χ0) is 17.2. The standard InChI is InChI=1S/C19H18ClN3O/c20-17-10-4-5-11-18(17)23-19(24)16(13-21)14-22-12-6-9-15-7-2-1-3-8-15/h1-5,7-8,10-11,14,22H,6,9,12H2,(H,23,24)/b16-14-. The highest BCUT2D eigenvalue weighted by Gasteiger charge is 2.10. The first kappa shape index (κ1) is 17.6. The Morgan fingerprint density at radius 2 is 1.83 bits per heavy atom. The zero-order valence-electron chi connectivity index (χ0n) is 13.1. The van der Waals surface area contributed by atoms with Crippen LogP contribution in [-0.4, -0.2) is 12.5 Å². The molecule has 122 valence electrons. The first-order valence-electron chi connectivity index (χ1n) is 7.64. The summed E-state index contributed by atoms with van der Waals surface area (Å²) in [5.41, 5.74) is 1.75. The summed E-state index contributed by atoms with van der Waals surface area (Å²) in [6, 6.07) is 18.9. The molecule has 0 aliphatic carbocycles. The Labute approximate surface area is 146 Å². The van der Waals surface area contributed by atoms with Gasteiger partial charge in [-0.1, -0.05) is 54.1 Å². The van der Waals surface area contributed by atoms with Crippen LogP contribution in [0.15, 0.2) is 66.4 Å². The molecule has 0 saturated carbocycles. The molecule has 2 aromatic carbocycles. The number of aryl methyl sites for hydroxylation is 1. The number of anilines is 1. The molecule has 0 aliphatic rings. The molecule has 1 amide bonds. The molecule has 0 unspecified atom stereocenters. The lowest BCUT2D eigenvalue weighted by Gasteiger charge is -2.06. The molecular formula is C19H18ClN3O. The normalized spacial score (nSPS) is 10.8. The van der Waals surface area contributed by atoms with Gasteiger partial charge < -0.3 is 10.6 Å². The lowest BCUT2D eigenvalue weighted by Crippen LogP contribution is -2.17. The molecule has 2 rings (SSSR count). The maximum atomic E-state index is 12.1. The molecular weight excluding hydrogens is 322 g/mol. The summed E-state index contributed by atoms with van der Waals surface area (Å²) in [7, 11) is 0. The second-order valence-corrected chi connectivity index (χ2v) is 5.55. The number of rotatable bonds is 7. The fourth-order valence-corrected chi connectivity index (χ4v) is 2.30. The largest absolute Gasteiger partial charge is 0.390 e. The van der Waals surface area contributed by atoms with E-state index < -0.39 is 5.91 Å². The van der Waals surface area contributed by atoms with Gasteiger partial charge in [0.15, 0.2) is 0 Å². The lowest BCUT2D eigenvalue weighted by atomic mass is 10.1. The van der Waals surface area contributed by atoms with Crippen molar-refractivity contribution < 1.29 is 4.79 Å². The van der Waals surface area contributed by atoms with Gasteiger partial charge in [-0.25, -0.2) is 0 Å². The third kappa shape index (κ3) is 5.45. The fraction of sp³-hybridized carbons (Fsp3) is 0.158. The van der Waals surface area contributed by atoms with Crippen LogP contribution < -0.4 is 10.6 Å². The molecule has 0 heterocycles. The smallest absolute Gasteiger partial charge is 0.267 e. The number of benzene rings is 2. The molecule has 0 radical (unpaired) electrons. The summed E-state index contributed by atoms with van der Waals surface area (Å²) < 4.78 is 0. The molecule has 0 spiro atoms. The number of nitrogens with one attached hydrogen (secondary N) is 2. The highest BCUT2D eigenvalue weighted by molar-refractivity contribution is 6.33. The van der Waals surface area contributed by atoms with Crippen LogP contribution in [0, 0.1) is 11.3 Å². The number of carbonyl (C=O) groups is 1. The van der Waals surface area contributed by atoms with Crippen molar-refractivity contribution in [3.63, 3.8) is 0 Å². The first-order chi connectivity index (χ1) is 11.7. The van der Waals surface area contributed by atoms with E-state index in [0.717, 1.165) is 12.8 Å². The SMILES string of the molecule is N#C/C(=C/NCCCc1ccccc1)C(=O)Nc1ccccc1Cl. The van der Waals surface area contributed by atoms with Gasteiger partial charge in [-0.2, -0.15) is 5.26 Å². The molecule has 4 nitrogen and oxygen atoms in total. The van der Waals surface area contributed by atoms with Crippen LogP contribution in [0.4, 0.5) is 5.69 Å². The van der Waals surface area contributed by atoms with Gasteiger partial charge in [0.25, 0.3) is 5.91 Å². The third-order valence-corrected chi connectivity index (χ3v) is 3.69. The third-order valence-electron chi connectivity index (χ3n) is 3.36. The van der Waals surface area contributed by atoms with Gasteiger partial charge in [-0.05, 0) is 30.5 Å². The molecule has 5 heteroatoms. The highest BCUT2D eigenvalue weighted by Crippen LogP contribution is 2.20. The van der Waals surface area contributed by atoms with E-state index in [1.165, 1.54) is 11.8 Å². The Kier molecular flexibility index (Phi) is 6.88. The van der Waals surface area contributed by atoms with Crippen LogP contribution in [0.2, 0.25) is 5.02 Å². The zero-order valence-corrected chi connectivity index (χ0v) is 13.9. The molecule has 24 heavy (non-hydrogen) atoms. The number of halogens is 1. The summed E-state index contributed by atoms with van der Waals surface area (Å²) in [6.07, 6.45) is 3.29. The summed E-state index contributed by atoms with van der Waals surface area (Å²) >= 11 is 5.99. The second kappa shape index (κ2) is 9.39. The van der Waals surface area contributed by atoms with Crippen LogP contribution >= 0.6 is 11.6 Å². The summed E-state index contributed by atoms with van der Waals surface area (Å²) in [4.78, 5) is 12.1. The lowest BCUT2D eigenvalue weighted by molar-refractivity contribution is -0.112. The van der Waals surface area contributed by atoms with Crippen molar-refractivity contribution in [3.05, 3.63) is 77.0 Å². The number of nitrogens with zero attached hydrogens (tertiary/aromatic N) is 1. The quantitative estimate of drug-likeness (QED) is 0.456. The van der Waals surface area contributed by atoms with Gasteiger partial charge in [-0.3, -0.25) is 4.79 Å². The average Bonchev–Trinajstić information content (AvgIpc) is 2.61. The molecule has 0 aromatic heterocycles. The minimum Gasteiger partial charge on any atom is -0.390 e. The van der Waals surface area contributed by atoms with Crippen LogP contribution in [0.5, 0.6) is 0 Å². The van der Waals surface area contributed by atoms with E-state index in [1.807, 2.05) is 24.3 Å². The van der Waals surface area contributed by atoms with E-state index in [0.29, 0.717) is 17.3 Å². The predicted molar refractivity (Wildman–Crippen MR) is 96.5 cm³/mol. The van der Waals surface area contributed by atoms with Gasteiger partial charge in [-0.15, -0.1) is 0 Å². The van der Waals surface area contributed by atoms with Gasteiger partial charge in [0.05, 0.1) is 10.7 Å². The topological polar surface area (TPSA) is 64.9 Å². The van der Waals surface area contributed by atoms with Gasteiger partial charge >= 0.3 is 0 Å². The van der Waals surface area contributed by atoms with Crippen LogP contribution in [0.25, 0.3) is 0 Å². The maximum Gasteiger partial charge on any atom is 0.267 e. The molecule has 0 aliphatic heterocycles. The summed E-state index contributed by atoms with van der Waals surface area (Å²) in [5.74, 6) is -0.485. The Morgan fingerprint density at radius 1 is 1.12 bits per heavy atom. The van der Waals surface area contributed by atoms with Crippen molar-refractivity contribution in [3.8, 4) is 6.07 Å². The van der Waals surface area contributed by atoms with Crippen molar-refractivity contribution in [2.45, 2.75) is 12.8 Å². The fourth-order valence-electron chi connectivity index (χ4n) is 2.11.